The van der Waals surface area contributed by atoms with Crippen LogP contribution in [-0.2, 0) is 13.1 Å². The van der Waals surface area contributed by atoms with E-state index in [2.05, 4.69) is 5.16 Å². The van der Waals surface area contributed by atoms with Crippen LogP contribution in [0.5, 0.6) is 0 Å². The molecule has 19 heavy (non-hydrogen) atoms. The van der Waals surface area contributed by atoms with Gasteiger partial charge in [0.1, 0.15) is 5.82 Å². The lowest BCUT2D eigenvalue weighted by molar-refractivity contribution is 0.0685. The molecule has 100 valence electrons. The lowest BCUT2D eigenvalue weighted by Gasteiger charge is -2.14. The van der Waals surface area contributed by atoms with Crippen molar-refractivity contribution in [1.82, 2.24) is 10.1 Å². The fraction of sp³-hybridized carbons (Fsp3) is 0.231. The van der Waals surface area contributed by atoms with E-state index >= 15 is 0 Å². The first-order valence-corrected chi connectivity index (χ1v) is 5.67. The summed E-state index contributed by atoms with van der Waals surface area (Å²) in [4.78, 5) is 12.5. The molecule has 1 heterocycles. The number of rotatable bonds is 5. The van der Waals surface area contributed by atoms with Gasteiger partial charge in [-0.15, -0.1) is 0 Å². The molecule has 1 aromatic heterocycles. The Hall–Kier alpha value is -2.21. The summed E-state index contributed by atoms with van der Waals surface area (Å²) in [6.07, 6.45) is 0. The largest absolute Gasteiger partial charge is 0.476 e. The fourth-order valence-electron chi connectivity index (χ4n) is 1.73. The molecule has 0 saturated carbocycles. The molecule has 0 fully saturated rings. The van der Waals surface area contributed by atoms with Crippen molar-refractivity contribution in [3.8, 4) is 0 Å². The molecular formula is C13H13FN2O3. The molecule has 0 aliphatic heterocycles. The van der Waals surface area contributed by atoms with Crippen LogP contribution in [0.15, 0.2) is 34.9 Å². The summed E-state index contributed by atoms with van der Waals surface area (Å²) in [6, 6.07) is 7.87. The second kappa shape index (κ2) is 5.62. The molecule has 0 aliphatic carbocycles. The van der Waals surface area contributed by atoms with Crippen molar-refractivity contribution in [1.29, 1.82) is 0 Å². The Bertz CT molecular complexity index is 583. The van der Waals surface area contributed by atoms with Gasteiger partial charge in [-0.05, 0) is 13.1 Å². The number of aromatic nitrogens is 1. The Morgan fingerprint density at radius 1 is 1.42 bits per heavy atom. The van der Waals surface area contributed by atoms with E-state index in [0.717, 1.165) is 0 Å². The lowest BCUT2D eigenvalue weighted by Crippen LogP contribution is -2.17. The molecule has 1 N–H and O–H groups in total. The molecule has 0 radical (unpaired) electrons. The number of aromatic carboxylic acids is 1. The summed E-state index contributed by atoms with van der Waals surface area (Å²) in [5.74, 6) is -0.971. The summed E-state index contributed by atoms with van der Waals surface area (Å²) in [7, 11) is 1.79. The molecule has 0 atom stereocenters. The topological polar surface area (TPSA) is 66.6 Å². The van der Waals surface area contributed by atoms with Gasteiger partial charge in [0.15, 0.2) is 11.5 Å². The van der Waals surface area contributed by atoms with Gasteiger partial charge in [0.05, 0.1) is 6.54 Å². The highest BCUT2D eigenvalue weighted by Gasteiger charge is 2.13. The van der Waals surface area contributed by atoms with Gasteiger partial charge >= 0.3 is 5.97 Å². The van der Waals surface area contributed by atoms with Gasteiger partial charge in [0, 0.05) is 18.2 Å². The third-order valence-electron chi connectivity index (χ3n) is 2.60. The highest BCUT2D eigenvalue weighted by molar-refractivity contribution is 5.85. The first kappa shape index (κ1) is 13.2. The van der Waals surface area contributed by atoms with Crippen LogP contribution in [0.3, 0.4) is 0 Å². The van der Waals surface area contributed by atoms with Gasteiger partial charge in [-0.25, -0.2) is 9.18 Å². The summed E-state index contributed by atoms with van der Waals surface area (Å²) in [5, 5.41) is 12.1. The predicted octanol–water partition coefficient (Wildman–Crippen LogP) is 2.14. The third-order valence-corrected chi connectivity index (χ3v) is 2.60. The Morgan fingerprint density at radius 3 is 2.79 bits per heavy atom. The molecule has 1 aromatic carbocycles. The first-order chi connectivity index (χ1) is 9.06. The maximum Gasteiger partial charge on any atom is 0.358 e. The van der Waals surface area contributed by atoms with Gasteiger partial charge in [-0.3, -0.25) is 4.90 Å². The summed E-state index contributed by atoms with van der Waals surface area (Å²) in [6.45, 7) is 0.754. The zero-order valence-electron chi connectivity index (χ0n) is 10.3. The van der Waals surface area contributed by atoms with Gasteiger partial charge in [0.2, 0.25) is 0 Å². The molecule has 2 aromatic rings. The number of nitrogens with zero attached hydrogens (tertiary/aromatic N) is 2. The van der Waals surface area contributed by atoms with Crippen LogP contribution in [0.25, 0.3) is 0 Å². The van der Waals surface area contributed by atoms with Gasteiger partial charge < -0.3 is 9.63 Å². The normalized spacial score (nSPS) is 10.9. The quantitative estimate of drug-likeness (QED) is 0.896. The van der Waals surface area contributed by atoms with E-state index in [0.29, 0.717) is 24.4 Å². The highest BCUT2D eigenvalue weighted by atomic mass is 19.1. The summed E-state index contributed by atoms with van der Waals surface area (Å²) in [5.41, 5.74) is 0.442. The molecule has 6 heteroatoms. The van der Waals surface area contributed by atoms with Crippen molar-refractivity contribution in [2.75, 3.05) is 7.05 Å². The molecule has 0 saturated heterocycles. The van der Waals surface area contributed by atoms with Crippen LogP contribution in [0.2, 0.25) is 0 Å². The van der Waals surface area contributed by atoms with Crippen LogP contribution < -0.4 is 0 Å². The highest BCUT2D eigenvalue weighted by Crippen LogP contribution is 2.12. The number of carbonyl (C=O) groups is 1. The van der Waals surface area contributed by atoms with Crippen molar-refractivity contribution >= 4 is 5.97 Å². The summed E-state index contributed by atoms with van der Waals surface area (Å²) < 4.78 is 18.4. The van der Waals surface area contributed by atoms with E-state index in [9.17, 15) is 9.18 Å². The Balaban J connectivity index is 1.99. The van der Waals surface area contributed by atoms with Crippen molar-refractivity contribution < 1.29 is 18.8 Å². The van der Waals surface area contributed by atoms with Gasteiger partial charge in [-0.2, -0.15) is 0 Å². The number of benzene rings is 1. The molecule has 0 spiro atoms. The smallest absolute Gasteiger partial charge is 0.358 e. The molecule has 5 nitrogen and oxygen atoms in total. The second-order valence-electron chi connectivity index (χ2n) is 4.25. The Kier molecular flexibility index (Phi) is 3.91. The van der Waals surface area contributed by atoms with E-state index in [-0.39, 0.29) is 11.5 Å². The van der Waals surface area contributed by atoms with E-state index < -0.39 is 5.97 Å². The van der Waals surface area contributed by atoms with Crippen LogP contribution in [-0.4, -0.2) is 28.2 Å². The maximum absolute atomic E-state index is 13.5. The monoisotopic (exact) mass is 264 g/mol. The third kappa shape index (κ3) is 3.38. The van der Waals surface area contributed by atoms with Crippen molar-refractivity contribution in [3.63, 3.8) is 0 Å². The Labute approximate surface area is 109 Å². The number of hydrogen-bond donors (Lipinski definition) is 1. The van der Waals surface area contributed by atoms with Crippen LogP contribution in [0.4, 0.5) is 4.39 Å². The average molecular weight is 264 g/mol. The zero-order valence-corrected chi connectivity index (χ0v) is 10.3. The minimum Gasteiger partial charge on any atom is -0.476 e. The van der Waals surface area contributed by atoms with E-state index in [4.69, 9.17) is 9.63 Å². The van der Waals surface area contributed by atoms with E-state index in [1.165, 1.54) is 12.1 Å². The molecule has 0 amide bonds. The number of halogens is 1. The number of hydrogen-bond acceptors (Lipinski definition) is 4. The number of carboxylic acids is 1. The average Bonchev–Trinajstić information content (AvgIpc) is 2.80. The van der Waals surface area contributed by atoms with Crippen LogP contribution in [0.1, 0.15) is 21.8 Å². The predicted molar refractivity (Wildman–Crippen MR) is 65.0 cm³/mol. The molecule has 2 rings (SSSR count). The molecule has 0 aliphatic rings. The van der Waals surface area contributed by atoms with Crippen molar-refractivity contribution in [2.45, 2.75) is 13.1 Å². The van der Waals surface area contributed by atoms with Gasteiger partial charge in [0.25, 0.3) is 0 Å². The minimum absolute atomic E-state index is 0.130. The standard InChI is InChI=1S/C13H13FN2O3/c1-16(7-9-4-2-3-5-11(9)14)8-10-6-12(13(17)18)15-19-10/h2-6H,7-8H2,1H3,(H,17,18). The fourth-order valence-corrected chi connectivity index (χ4v) is 1.73. The minimum atomic E-state index is -1.13. The Morgan fingerprint density at radius 2 is 2.16 bits per heavy atom. The van der Waals surface area contributed by atoms with Crippen LogP contribution in [0, 0.1) is 5.82 Å². The maximum atomic E-state index is 13.5. The second-order valence-corrected chi connectivity index (χ2v) is 4.25. The first-order valence-electron chi connectivity index (χ1n) is 5.67. The molecule has 0 bridgehead atoms. The van der Waals surface area contributed by atoms with Crippen LogP contribution >= 0.6 is 0 Å². The van der Waals surface area contributed by atoms with Gasteiger partial charge in [-0.1, -0.05) is 23.4 Å². The van der Waals surface area contributed by atoms with E-state index in [1.807, 2.05) is 4.90 Å². The summed E-state index contributed by atoms with van der Waals surface area (Å²) >= 11 is 0. The van der Waals surface area contributed by atoms with Crippen molar-refractivity contribution in [2.24, 2.45) is 0 Å². The molecular weight excluding hydrogens is 251 g/mol. The van der Waals surface area contributed by atoms with Crippen molar-refractivity contribution in [3.05, 3.63) is 53.2 Å². The zero-order chi connectivity index (χ0) is 13.8. The SMILES string of the molecule is CN(Cc1cc(C(=O)O)no1)Cc1ccccc1F. The molecule has 0 unspecified atom stereocenters. The number of carboxylic acid groups (broad SMARTS) is 1. The van der Waals surface area contributed by atoms with E-state index in [1.54, 1.807) is 25.2 Å². The lowest BCUT2D eigenvalue weighted by atomic mass is 10.2.